The molecule has 0 aliphatic heterocycles. The minimum absolute atomic E-state index is 0.874. The van der Waals surface area contributed by atoms with Crippen LogP contribution in [0.1, 0.15) is 0 Å². The van der Waals surface area contributed by atoms with Crippen molar-refractivity contribution in [3.63, 3.8) is 0 Å². The summed E-state index contributed by atoms with van der Waals surface area (Å²) >= 11 is 1.85. The second kappa shape index (κ2) is 10.5. The SMILES string of the molecule is c1ccc(-c2ccccc2N(c2cccc3c2oc2ccccc23)c2c(-c3ccccc3)ccc3c2sc2ccccc23)cc1. The summed E-state index contributed by atoms with van der Waals surface area (Å²) in [6, 6.07) is 58.3. The molecule has 2 aromatic heterocycles. The van der Waals surface area contributed by atoms with Crippen molar-refractivity contribution in [2.24, 2.45) is 0 Å². The normalized spacial score (nSPS) is 11.6. The Morgan fingerprint density at radius 1 is 0.422 bits per heavy atom. The number of fused-ring (bicyclic) bond motifs is 6. The maximum Gasteiger partial charge on any atom is 0.159 e. The molecule has 0 saturated carbocycles. The molecular weight excluding hydrogens is 567 g/mol. The highest BCUT2D eigenvalue weighted by Crippen LogP contribution is 2.52. The predicted molar refractivity (Wildman–Crippen MR) is 192 cm³/mol. The maximum atomic E-state index is 6.73. The summed E-state index contributed by atoms with van der Waals surface area (Å²) in [6.07, 6.45) is 0. The van der Waals surface area contributed by atoms with Gasteiger partial charge in [0.05, 0.1) is 21.8 Å². The number of furan rings is 1. The Bertz CT molecular complexity index is 2490. The Labute approximate surface area is 265 Å². The molecule has 0 unspecified atom stereocenters. The summed E-state index contributed by atoms with van der Waals surface area (Å²) in [7, 11) is 0. The van der Waals surface area contributed by atoms with Crippen LogP contribution in [0.2, 0.25) is 0 Å². The molecule has 0 aliphatic rings. The van der Waals surface area contributed by atoms with Gasteiger partial charge in [0.15, 0.2) is 5.58 Å². The highest BCUT2D eigenvalue weighted by molar-refractivity contribution is 7.26. The van der Waals surface area contributed by atoms with E-state index in [4.69, 9.17) is 4.42 Å². The van der Waals surface area contributed by atoms with E-state index >= 15 is 0 Å². The van der Waals surface area contributed by atoms with Crippen molar-refractivity contribution in [2.45, 2.75) is 0 Å². The van der Waals surface area contributed by atoms with E-state index in [1.54, 1.807) is 0 Å². The van der Waals surface area contributed by atoms with Crippen molar-refractivity contribution < 1.29 is 4.42 Å². The fourth-order valence-electron chi connectivity index (χ4n) is 6.66. The molecule has 45 heavy (non-hydrogen) atoms. The Morgan fingerprint density at radius 3 is 1.87 bits per heavy atom. The van der Waals surface area contributed by atoms with Crippen molar-refractivity contribution >= 4 is 70.5 Å². The molecule has 0 saturated heterocycles. The van der Waals surface area contributed by atoms with E-state index in [9.17, 15) is 0 Å². The van der Waals surface area contributed by atoms with Crippen LogP contribution in [0.3, 0.4) is 0 Å². The van der Waals surface area contributed by atoms with Gasteiger partial charge in [0.25, 0.3) is 0 Å². The molecule has 2 nitrogen and oxygen atoms in total. The summed E-state index contributed by atoms with van der Waals surface area (Å²) in [6.45, 7) is 0. The van der Waals surface area contributed by atoms with E-state index in [1.165, 1.54) is 36.9 Å². The third-order valence-corrected chi connectivity index (χ3v) is 9.88. The van der Waals surface area contributed by atoms with Gasteiger partial charge in [-0.25, -0.2) is 0 Å². The monoisotopic (exact) mass is 593 g/mol. The number of benzene rings is 7. The summed E-state index contributed by atoms with van der Waals surface area (Å²) in [5.74, 6) is 0. The first-order valence-electron chi connectivity index (χ1n) is 15.2. The molecule has 9 aromatic rings. The average Bonchev–Trinajstić information content (AvgIpc) is 3.69. The van der Waals surface area contributed by atoms with Crippen LogP contribution in [-0.4, -0.2) is 0 Å². The van der Waals surface area contributed by atoms with Gasteiger partial charge >= 0.3 is 0 Å². The topological polar surface area (TPSA) is 16.4 Å². The van der Waals surface area contributed by atoms with Crippen LogP contribution in [0.5, 0.6) is 0 Å². The molecule has 2 heterocycles. The first kappa shape index (κ1) is 25.8. The van der Waals surface area contributed by atoms with E-state index in [0.29, 0.717) is 0 Å². The van der Waals surface area contributed by atoms with E-state index in [2.05, 4.69) is 163 Å². The fraction of sp³-hybridized carbons (Fsp3) is 0. The van der Waals surface area contributed by atoms with Gasteiger partial charge in [0.2, 0.25) is 0 Å². The average molecular weight is 594 g/mol. The Morgan fingerprint density at radius 2 is 1.04 bits per heavy atom. The van der Waals surface area contributed by atoms with Crippen molar-refractivity contribution in [3.05, 3.63) is 164 Å². The van der Waals surface area contributed by atoms with E-state index in [0.717, 1.165) is 44.6 Å². The lowest BCUT2D eigenvalue weighted by Gasteiger charge is -2.30. The molecule has 0 fully saturated rings. The summed E-state index contributed by atoms with van der Waals surface area (Å²) in [4.78, 5) is 2.45. The Kier molecular flexibility index (Phi) is 6.03. The van der Waals surface area contributed by atoms with Crippen LogP contribution in [0.15, 0.2) is 168 Å². The van der Waals surface area contributed by atoms with Gasteiger partial charge in [-0.3, -0.25) is 0 Å². The van der Waals surface area contributed by atoms with Crippen LogP contribution in [0.4, 0.5) is 17.1 Å². The number of nitrogens with zero attached hydrogens (tertiary/aromatic N) is 1. The smallest absolute Gasteiger partial charge is 0.159 e. The summed E-state index contributed by atoms with van der Waals surface area (Å²) in [5.41, 5.74) is 9.68. The lowest BCUT2D eigenvalue weighted by molar-refractivity contribution is 0.669. The first-order chi connectivity index (χ1) is 22.3. The van der Waals surface area contributed by atoms with Crippen LogP contribution in [0.25, 0.3) is 64.4 Å². The molecule has 0 spiro atoms. The lowest BCUT2D eigenvalue weighted by atomic mass is 9.97. The number of hydrogen-bond donors (Lipinski definition) is 0. The standard InChI is InChI=1S/C42H27NOS/c1-3-14-28(15-4-1)30-18-7-10-22-36(30)43(37-23-13-21-34-32-19-8-11-24-38(32)44-41(34)37)40-31(29-16-5-2-6-17-29)26-27-35-33-20-9-12-25-39(33)45-42(35)40/h1-27H. The number of para-hydroxylation sites is 3. The highest BCUT2D eigenvalue weighted by atomic mass is 32.1. The van der Waals surface area contributed by atoms with Gasteiger partial charge in [-0.05, 0) is 35.4 Å². The predicted octanol–water partition coefficient (Wildman–Crippen LogP) is 12.8. The van der Waals surface area contributed by atoms with Gasteiger partial charge in [0, 0.05) is 37.4 Å². The van der Waals surface area contributed by atoms with Gasteiger partial charge in [0.1, 0.15) is 5.58 Å². The molecule has 0 amide bonds. The summed E-state index contributed by atoms with van der Waals surface area (Å²) < 4.78 is 9.25. The minimum Gasteiger partial charge on any atom is -0.454 e. The molecule has 0 atom stereocenters. The van der Waals surface area contributed by atoms with E-state index < -0.39 is 0 Å². The molecule has 3 heteroatoms. The zero-order valence-corrected chi connectivity index (χ0v) is 25.2. The number of rotatable bonds is 5. The number of anilines is 3. The largest absolute Gasteiger partial charge is 0.454 e. The molecule has 0 bridgehead atoms. The molecule has 212 valence electrons. The van der Waals surface area contributed by atoms with E-state index in [1.807, 2.05) is 17.4 Å². The molecule has 0 N–H and O–H groups in total. The number of thiophene rings is 1. The van der Waals surface area contributed by atoms with E-state index in [-0.39, 0.29) is 0 Å². The van der Waals surface area contributed by atoms with Crippen LogP contribution < -0.4 is 4.90 Å². The van der Waals surface area contributed by atoms with Gasteiger partial charge in [-0.15, -0.1) is 11.3 Å². The van der Waals surface area contributed by atoms with Crippen LogP contribution in [0, 0.1) is 0 Å². The van der Waals surface area contributed by atoms with Crippen molar-refractivity contribution in [1.82, 2.24) is 0 Å². The van der Waals surface area contributed by atoms with Crippen LogP contribution >= 0.6 is 11.3 Å². The zero-order valence-electron chi connectivity index (χ0n) is 24.4. The van der Waals surface area contributed by atoms with Gasteiger partial charge in [-0.1, -0.05) is 140 Å². The van der Waals surface area contributed by atoms with Crippen molar-refractivity contribution in [2.75, 3.05) is 4.90 Å². The maximum absolute atomic E-state index is 6.73. The highest BCUT2D eigenvalue weighted by Gasteiger charge is 2.27. The second-order valence-electron chi connectivity index (χ2n) is 11.3. The molecular formula is C42H27NOS. The molecule has 9 rings (SSSR count). The molecule has 7 aromatic carbocycles. The molecule has 0 aliphatic carbocycles. The Hall–Kier alpha value is -5.64. The fourth-order valence-corrected chi connectivity index (χ4v) is 7.90. The zero-order chi connectivity index (χ0) is 29.7. The quantitative estimate of drug-likeness (QED) is 0.197. The Balaban J connectivity index is 1.46. The first-order valence-corrected chi connectivity index (χ1v) is 16.0. The van der Waals surface area contributed by atoms with Crippen molar-refractivity contribution in [1.29, 1.82) is 0 Å². The number of hydrogen-bond acceptors (Lipinski definition) is 3. The van der Waals surface area contributed by atoms with Gasteiger partial charge < -0.3 is 9.32 Å². The van der Waals surface area contributed by atoms with Crippen LogP contribution in [-0.2, 0) is 0 Å². The third kappa shape index (κ3) is 4.16. The molecule has 0 radical (unpaired) electrons. The van der Waals surface area contributed by atoms with Gasteiger partial charge in [-0.2, -0.15) is 0 Å². The van der Waals surface area contributed by atoms with Crippen molar-refractivity contribution in [3.8, 4) is 22.3 Å². The minimum atomic E-state index is 0.874. The second-order valence-corrected chi connectivity index (χ2v) is 12.3. The summed E-state index contributed by atoms with van der Waals surface area (Å²) in [5, 5.41) is 4.75. The lowest BCUT2D eigenvalue weighted by Crippen LogP contribution is -2.13. The third-order valence-electron chi connectivity index (χ3n) is 8.68.